The van der Waals surface area contributed by atoms with Crippen molar-refractivity contribution in [3.8, 4) is 11.4 Å². The fourth-order valence-electron chi connectivity index (χ4n) is 4.45. The number of carbonyl (C=O) groups excluding carboxylic acids is 1. The third-order valence-electron chi connectivity index (χ3n) is 6.48. The summed E-state index contributed by atoms with van der Waals surface area (Å²) < 4.78 is 16.2. The van der Waals surface area contributed by atoms with Crippen LogP contribution in [0.15, 0.2) is 78.0 Å². The second-order valence-corrected chi connectivity index (χ2v) is 10.1. The zero-order valence-electron chi connectivity index (χ0n) is 20.5. The van der Waals surface area contributed by atoms with Crippen LogP contribution >= 0.6 is 23.4 Å². The molecule has 1 fully saturated rings. The van der Waals surface area contributed by atoms with E-state index in [9.17, 15) is 9.18 Å². The van der Waals surface area contributed by atoms with Gasteiger partial charge in [0.15, 0.2) is 11.0 Å². The van der Waals surface area contributed by atoms with Gasteiger partial charge in [-0.15, -0.1) is 10.2 Å². The molecule has 0 radical (unpaired) electrons. The fourth-order valence-corrected chi connectivity index (χ4v) is 5.63. The van der Waals surface area contributed by atoms with Crippen molar-refractivity contribution < 1.29 is 9.18 Å². The number of para-hydroxylation sites is 1. The Morgan fingerprint density at radius 1 is 0.946 bits per heavy atom. The number of aromatic nitrogens is 3. The summed E-state index contributed by atoms with van der Waals surface area (Å²) in [5.41, 5.74) is 3.21. The van der Waals surface area contributed by atoms with Crippen LogP contribution in [0.25, 0.3) is 11.4 Å². The summed E-state index contributed by atoms with van der Waals surface area (Å²) >= 11 is 7.97. The van der Waals surface area contributed by atoms with Crippen molar-refractivity contribution in [2.24, 2.45) is 0 Å². The van der Waals surface area contributed by atoms with Crippen LogP contribution in [-0.4, -0.2) is 51.8 Å². The van der Waals surface area contributed by atoms with Crippen LogP contribution in [0.4, 0.5) is 10.1 Å². The Bertz CT molecular complexity index is 1390. The van der Waals surface area contributed by atoms with E-state index < -0.39 is 0 Å². The molecule has 1 saturated heterocycles. The third-order valence-corrected chi connectivity index (χ3v) is 7.84. The maximum absolute atomic E-state index is 14.1. The summed E-state index contributed by atoms with van der Waals surface area (Å²) in [6.45, 7) is 5.12. The highest BCUT2D eigenvalue weighted by Crippen LogP contribution is 2.30. The molecule has 190 valence electrons. The van der Waals surface area contributed by atoms with E-state index in [4.69, 9.17) is 11.6 Å². The average molecular weight is 536 g/mol. The maximum atomic E-state index is 14.1. The Balaban J connectivity index is 1.19. The van der Waals surface area contributed by atoms with Crippen molar-refractivity contribution in [1.29, 1.82) is 0 Å². The highest BCUT2D eigenvalue weighted by Gasteiger charge is 2.23. The molecule has 0 aliphatic carbocycles. The Labute approximate surface area is 225 Å². The van der Waals surface area contributed by atoms with Gasteiger partial charge in [-0.1, -0.05) is 59.8 Å². The zero-order valence-corrected chi connectivity index (χ0v) is 22.1. The average Bonchev–Trinajstić information content (AvgIpc) is 3.35. The predicted octanol–water partition coefficient (Wildman–Crippen LogP) is 6.01. The molecule has 4 aromatic rings. The molecule has 5 rings (SSSR count). The number of hydrogen-bond donors (Lipinski definition) is 0. The number of amides is 1. The quantitative estimate of drug-likeness (QED) is 0.271. The van der Waals surface area contributed by atoms with Gasteiger partial charge in [-0.05, 0) is 48.9 Å². The van der Waals surface area contributed by atoms with Gasteiger partial charge < -0.3 is 14.4 Å². The first kappa shape index (κ1) is 25.3. The Morgan fingerprint density at radius 3 is 2.35 bits per heavy atom. The van der Waals surface area contributed by atoms with E-state index in [1.807, 2.05) is 64.4 Å². The molecule has 1 aromatic heterocycles. The van der Waals surface area contributed by atoms with Gasteiger partial charge in [-0.25, -0.2) is 4.39 Å². The monoisotopic (exact) mass is 535 g/mol. The van der Waals surface area contributed by atoms with Crippen LogP contribution in [0.5, 0.6) is 0 Å². The predicted molar refractivity (Wildman–Crippen MR) is 147 cm³/mol. The highest BCUT2D eigenvalue weighted by molar-refractivity contribution is 7.98. The molecule has 1 aliphatic heterocycles. The summed E-state index contributed by atoms with van der Waals surface area (Å²) in [4.78, 5) is 16.9. The molecule has 0 atom stereocenters. The lowest BCUT2D eigenvalue weighted by Gasteiger charge is -2.36. The summed E-state index contributed by atoms with van der Waals surface area (Å²) in [7, 11) is 0. The standard InChI is InChI=1S/C28H27ClFN5OS/c1-2-35-26(22-7-3-4-8-23(22)29)31-32-28(35)37-19-20-11-13-21(14-12-20)27(36)34-17-15-33(16-18-34)25-10-6-5-9-24(25)30/h3-14H,2,15-19H2,1H3. The van der Waals surface area contributed by atoms with Gasteiger partial charge in [-0.2, -0.15) is 0 Å². The van der Waals surface area contributed by atoms with E-state index in [1.54, 1.807) is 23.9 Å². The molecule has 0 saturated carbocycles. The van der Waals surface area contributed by atoms with E-state index in [-0.39, 0.29) is 11.7 Å². The topological polar surface area (TPSA) is 54.3 Å². The van der Waals surface area contributed by atoms with Gasteiger partial charge >= 0.3 is 0 Å². The number of hydrogen-bond acceptors (Lipinski definition) is 5. The lowest BCUT2D eigenvalue weighted by molar-refractivity contribution is 0.0746. The molecule has 37 heavy (non-hydrogen) atoms. The van der Waals surface area contributed by atoms with E-state index >= 15 is 0 Å². The highest BCUT2D eigenvalue weighted by atomic mass is 35.5. The Kier molecular flexibility index (Phi) is 7.76. The smallest absolute Gasteiger partial charge is 0.253 e. The summed E-state index contributed by atoms with van der Waals surface area (Å²) in [5.74, 6) is 1.23. The van der Waals surface area contributed by atoms with E-state index in [1.165, 1.54) is 6.07 Å². The zero-order chi connectivity index (χ0) is 25.8. The maximum Gasteiger partial charge on any atom is 0.253 e. The summed E-state index contributed by atoms with van der Waals surface area (Å²) in [6, 6.07) is 22.1. The van der Waals surface area contributed by atoms with Crippen molar-refractivity contribution in [1.82, 2.24) is 19.7 Å². The van der Waals surface area contributed by atoms with Crippen molar-refractivity contribution in [3.05, 3.63) is 94.8 Å². The van der Waals surface area contributed by atoms with Gasteiger partial charge in [0.2, 0.25) is 0 Å². The molecular formula is C28H27ClFN5OS. The number of halogens is 2. The molecule has 1 amide bonds. The number of benzene rings is 3. The molecule has 2 heterocycles. The second kappa shape index (κ2) is 11.4. The van der Waals surface area contributed by atoms with Crippen LogP contribution < -0.4 is 4.90 Å². The number of thioether (sulfide) groups is 1. The molecule has 0 N–H and O–H groups in total. The normalized spacial score (nSPS) is 13.7. The first-order valence-electron chi connectivity index (χ1n) is 12.2. The summed E-state index contributed by atoms with van der Waals surface area (Å²) in [5, 5.41) is 10.2. The third kappa shape index (κ3) is 5.50. The van der Waals surface area contributed by atoms with Gasteiger partial charge in [0.05, 0.1) is 10.7 Å². The van der Waals surface area contributed by atoms with Gasteiger partial charge in [-0.3, -0.25) is 4.79 Å². The first-order chi connectivity index (χ1) is 18.0. The molecule has 9 heteroatoms. The molecule has 0 spiro atoms. The molecule has 0 unspecified atom stereocenters. The number of piperazine rings is 1. The Hall–Kier alpha value is -3.36. The first-order valence-corrected chi connectivity index (χ1v) is 13.6. The SMILES string of the molecule is CCn1c(SCc2ccc(C(=O)N3CCN(c4ccccc4F)CC3)cc2)nnc1-c1ccccc1Cl. The minimum absolute atomic E-state index is 0.00231. The Morgan fingerprint density at radius 2 is 1.65 bits per heavy atom. The molecular weight excluding hydrogens is 509 g/mol. The number of carbonyl (C=O) groups is 1. The largest absolute Gasteiger partial charge is 0.366 e. The summed E-state index contributed by atoms with van der Waals surface area (Å²) in [6.07, 6.45) is 0. The minimum Gasteiger partial charge on any atom is -0.366 e. The fraction of sp³-hybridized carbons (Fsp3) is 0.250. The van der Waals surface area contributed by atoms with Crippen LogP contribution in [0.1, 0.15) is 22.8 Å². The van der Waals surface area contributed by atoms with E-state index in [2.05, 4.69) is 21.7 Å². The van der Waals surface area contributed by atoms with Crippen molar-refractivity contribution >= 4 is 35.0 Å². The van der Waals surface area contributed by atoms with Crippen LogP contribution in [0, 0.1) is 5.82 Å². The van der Waals surface area contributed by atoms with E-state index in [0.29, 0.717) is 48.2 Å². The van der Waals surface area contributed by atoms with Gasteiger partial charge in [0.1, 0.15) is 5.82 Å². The van der Waals surface area contributed by atoms with Crippen molar-refractivity contribution in [3.63, 3.8) is 0 Å². The molecule has 1 aliphatic rings. The number of rotatable bonds is 7. The number of anilines is 1. The number of nitrogens with zero attached hydrogens (tertiary/aromatic N) is 5. The molecule has 0 bridgehead atoms. The molecule has 6 nitrogen and oxygen atoms in total. The lowest BCUT2D eigenvalue weighted by atomic mass is 10.1. The van der Waals surface area contributed by atoms with Crippen LogP contribution in [0.2, 0.25) is 5.02 Å². The van der Waals surface area contributed by atoms with Crippen LogP contribution in [-0.2, 0) is 12.3 Å². The minimum atomic E-state index is -0.229. The van der Waals surface area contributed by atoms with Crippen molar-refractivity contribution in [2.45, 2.75) is 24.4 Å². The second-order valence-electron chi connectivity index (χ2n) is 8.75. The van der Waals surface area contributed by atoms with Gasteiger partial charge in [0.25, 0.3) is 5.91 Å². The van der Waals surface area contributed by atoms with E-state index in [0.717, 1.165) is 28.7 Å². The van der Waals surface area contributed by atoms with Crippen molar-refractivity contribution in [2.75, 3.05) is 31.1 Å². The van der Waals surface area contributed by atoms with Gasteiger partial charge in [0, 0.05) is 49.6 Å². The molecule has 3 aromatic carbocycles. The van der Waals surface area contributed by atoms with Crippen LogP contribution in [0.3, 0.4) is 0 Å². The lowest BCUT2D eigenvalue weighted by Crippen LogP contribution is -2.49.